The average Bonchev–Trinajstić information content (AvgIpc) is 3.08. The lowest BCUT2D eigenvalue weighted by molar-refractivity contribution is -0.144. The molecule has 11 heteroatoms. The first-order chi connectivity index (χ1) is 23.9. The summed E-state index contributed by atoms with van der Waals surface area (Å²) < 4.78 is 20.1. The van der Waals surface area contributed by atoms with Crippen LogP contribution in [0.4, 0.5) is 0 Å². The van der Waals surface area contributed by atoms with Gasteiger partial charge in [0.2, 0.25) is 0 Å². The minimum Gasteiger partial charge on any atom is -0.466 e. The van der Waals surface area contributed by atoms with E-state index in [1.807, 2.05) is 0 Å². The Bertz CT molecular complexity index is 694. The molecule has 0 aliphatic rings. The van der Waals surface area contributed by atoms with Gasteiger partial charge in [-0.05, 0) is 26.7 Å². The van der Waals surface area contributed by atoms with E-state index in [4.69, 9.17) is 18.9 Å². The molecule has 0 heterocycles. The van der Waals surface area contributed by atoms with Gasteiger partial charge in [0, 0.05) is 11.5 Å². The second kappa shape index (κ2) is 43.1. The van der Waals surface area contributed by atoms with Gasteiger partial charge in [-0.25, -0.2) is 0 Å². The van der Waals surface area contributed by atoms with Crippen LogP contribution >= 0.6 is 33.3 Å². The van der Waals surface area contributed by atoms with Crippen molar-refractivity contribution in [1.29, 1.82) is 0 Å². The molecule has 0 saturated carbocycles. The van der Waals surface area contributed by atoms with Crippen molar-refractivity contribution < 1.29 is 38.1 Å². The Morgan fingerprint density at radius 3 is 1.00 bits per heavy atom. The lowest BCUT2D eigenvalue weighted by Gasteiger charge is -2.06. The van der Waals surface area contributed by atoms with Gasteiger partial charge < -0.3 is 18.9 Å². The van der Waals surface area contributed by atoms with E-state index in [1.165, 1.54) is 124 Å². The van der Waals surface area contributed by atoms with Crippen LogP contribution in [0.2, 0.25) is 0 Å². The van der Waals surface area contributed by atoms with Crippen molar-refractivity contribution in [2.75, 3.05) is 49.4 Å². The Morgan fingerprint density at radius 1 is 0.388 bits per heavy atom. The molecular weight excluding hydrogens is 681 g/mol. The van der Waals surface area contributed by atoms with E-state index < -0.39 is 0 Å². The summed E-state index contributed by atoms with van der Waals surface area (Å²) in [5.74, 6) is 1.21. The Morgan fingerprint density at radius 2 is 0.694 bits per heavy atom. The summed E-state index contributed by atoms with van der Waals surface area (Å²) in [4.78, 5) is 45.3. The second-order valence-electron chi connectivity index (χ2n) is 12.1. The number of esters is 4. The van der Waals surface area contributed by atoms with Crippen molar-refractivity contribution in [1.82, 2.24) is 0 Å². The van der Waals surface area contributed by atoms with Gasteiger partial charge in [0.05, 0.1) is 39.3 Å². The lowest BCUT2D eigenvalue weighted by atomic mass is 10.1. The van der Waals surface area contributed by atoms with E-state index in [9.17, 15) is 19.2 Å². The van der Waals surface area contributed by atoms with E-state index in [0.717, 1.165) is 25.7 Å². The first-order valence-corrected chi connectivity index (χ1v) is 23.0. The molecule has 0 radical (unpaired) electrons. The molecular formula is C38H72O8S3. The highest BCUT2D eigenvalue weighted by molar-refractivity contribution is 8.77. The van der Waals surface area contributed by atoms with Crippen molar-refractivity contribution in [2.24, 2.45) is 0 Å². The molecule has 0 spiro atoms. The third-order valence-corrected chi connectivity index (χ3v) is 10.5. The van der Waals surface area contributed by atoms with E-state index in [1.54, 1.807) is 25.6 Å². The fourth-order valence-electron chi connectivity index (χ4n) is 4.69. The fourth-order valence-corrected chi connectivity index (χ4v) is 7.12. The van der Waals surface area contributed by atoms with Gasteiger partial charge in [-0.15, -0.1) is 0 Å². The van der Waals surface area contributed by atoms with Crippen molar-refractivity contribution >= 4 is 57.2 Å². The summed E-state index contributed by atoms with van der Waals surface area (Å²) in [6, 6.07) is 0. The first kappa shape index (κ1) is 50.0. The molecule has 0 amide bonds. The van der Waals surface area contributed by atoms with Crippen molar-refractivity contribution in [3.8, 4) is 0 Å². The van der Waals surface area contributed by atoms with Gasteiger partial charge in [-0.2, -0.15) is 11.8 Å². The largest absolute Gasteiger partial charge is 0.466 e. The van der Waals surface area contributed by atoms with Gasteiger partial charge in [0.25, 0.3) is 0 Å². The molecule has 290 valence electrons. The van der Waals surface area contributed by atoms with Gasteiger partial charge >= 0.3 is 23.9 Å². The average molecular weight is 753 g/mol. The van der Waals surface area contributed by atoms with Crippen molar-refractivity contribution in [3.63, 3.8) is 0 Å². The number of thioether (sulfide) groups is 1. The predicted molar refractivity (Wildman–Crippen MR) is 210 cm³/mol. The van der Waals surface area contributed by atoms with E-state index in [2.05, 4.69) is 13.8 Å². The predicted octanol–water partition coefficient (Wildman–Crippen LogP) is 10.9. The highest BCUT2D eigenvalue weighted by atomic mass is 33.1. The van der Waals surface area contributed by atoms with Gasteiger partial charge in [0.15, 0.2) is 0 Å². The number of carbonyl (C=O) groups is 4. The van der Waals surface area contributed by atoms with Crippen LogP contribution < -0.4 is 0 Å². The first-order valence-electron chi connectivity index (χ1n) is 19.4. The lowest BCUT2D eigenvalue weighted by Crippen LogP contribution is -2.09. The number of hydrogen-bond donors (Lipinski definition) is 0. The monoisotopic (exact) mass is 752 g/mol. The molecule has 0 aliphatic heterocycles. The molecule has 0 N–H and O–H groups in total. The third-order valence-electron chi connectivity index (χ3n) is 7.47. The van der Waals surface area contributed by atoms with Crippen LogP contribution in [0.3, 0.4) is 0 Å². The zero-order chi connectivity index (χ0) is 36.5. The molecule has 0 unspecified atom stereocenters. The highest BCUT2D eigenvalue weighted by Crippen LogP contribution is 2.21. The summed E-state index contributed by atoms with van der Waals surface area (Å²) in [5, 5.41) is 0. The molecule has 0 aromatic heterocycles. The van der Waals surface area contributed by atoms with Gasteiger partial charge in [-0.3, -0.25) is 19.2 Å². The maximum Gasteiger partial charge on any atom is 0.316 e. The maximum absolute atomic E-state index is 11.8. The van der Waals surface area contributed by atoms with Crippen LogP contribution in [-0.2, 0) is 38.1 Å². The number of rotatable bonds is 35. The van der Waals surface area contributed by atoms with E-state index in [0.29, 0.717) is 50.8 Å². The van der Waals surface area contributed by atoms with Crippen LogP contribution in [0.25, 0.3) is 0 Å². The summed E-state index contributed by atoms with van der Waals surface area (Å²) in [6.07, 6.45) is 26.5. The Kier molecular flexibility index (Phi) is 44.0. The topological polar surface area (TPSA) is 105 Å². The number of hydrogen-bond acceptors (Lipinski definition) is 11. The SMILES string of the molecule is CCCCCCCCCCCCOC(=O)CCSCCC(=O)OCCCCCCCCCCCC.CCOC(=O)CSSCC(=O)OCC. The van der Waals surface area contributed by atoms with Crippen molar-refractivity contribution in [2.45, 2.75) is 169 Å². The quantitative estimate of drug-likeness (QED) is 0.0267. The van der Waals surface area contributed by atoms with Crippen molar-refractivity contribution in [3.05, 3.63) is 0 Å². The van der Waals surface area contributed by atoms with Crippen LogP contribution in [-0.4, -0.2) is 73.3 Å². The molecule has 0 aromatic carbocycles. The Balaban J connectivity index is 0. The second-order valence-corrected chi connectivity index (χ2v) is 15.7. The molecule has 0 rings (SSSR count). The number of ether oxygens (including phenoxy) is 4. The summed E-state index contributed by atoms with van der Waals surface area (Å²) >= 11 is 1.63. The maximum atomic E-state index is 11.8. The molecule has 0 aromatic rings. The van der Waals surface area contributed by atoms with E-state index in [-0.39, 0.29) is 35.4 Å². The number of carbonyl (C=O) groups excluding carboxylic acids is 4. The molecule has 0 fully saturated rings. The van der Waals surface area contributed by atoms with Crippen LogP contribution in [0.15, 0.2) is 0 Å². The molecule has 0 atom stereocenters. The zero-order valence-electron chi connectivity index (χ0n) is 31.7. The highest BCUT2D eigenvalue weighted by Gasteiger charge is 2.07. The summed E-state index contributed by atoms with van der Waals surface area (Å²) in [7, 11) is 2.59. The van der Waals surface area contributed by atoms with Gasteiger partial charge in [0.1, 0.15) is 11.5 Å². The van der Waals surface area contributed by atoms with E-state index >= 15 is 0 Å². The standard InChI is InChI=1S/C30H58O4S.C8H14O4S2/c1-3-5-7-9-11-13-15-17-19-21-25-33-29(31)23-27-35-28-24-30(32)34-26-22-20-18-16-14-12-10-8-6-4-2;1-3-11-7(9)5-13-14-6-8(10)12-4-2/h3-28H2,1-2H3;3-6H2,1-2H3. The van der Waals surface area contributed by atoms with Crippen LogP contribution in [0.1, 0.15) is 169 Å². The minimum atomic E-state index is -0.256. The Hall–Kier alpha value is -1.07. The smallest absolute Gasteiger partial charge is 0.316 e. The molecule has 49 heavy (non-hydrogen) atoms. The summed E-state index contributed by atoms with van der Waals surface area (Å²) in [6.45, 7) is 9.90. The molecule has 0 aliphatic carbocycles. The zero-order valence-corrected chi connectivity index (χ0v) is 34.2. The number of unbranched alkanes of at least 4 members (excludes halogenated alkanes) is 18. The molecule has 0 saturated heterocycles. The molecule has 0 bridgehead atoms. The third kappa shape index (κ3) is 44.9. The van der Waals surface area contributed by atoms with Gasteiger partial charge in [-0.1, -0.05) is 151 Å². The molecule has 8 nitrogen and oxygen atoms in total. The minimum absolute atomic E-state index is 0.114. The fraction of sp³-hybridized carbons (Fsp3) is 0.895. The summed E-state index contributed by atoms with van der Waals surface area (Å²) in [5.41, 5.74) is 0. The normalized spacial score (nSPS) is 10.6. The van der Waals surface area contributed by atoms with Crippen LogP contribution in [0, 0.1) is 0 Å². The van der Waals surface area contributed by atoms with Crippen LogP contribution in [0.5, 0.6) is 0 Å². The Labute approximate surface area is 312 Å².